The minimum atomic E-state index is -0.569. The number of aromatic hydroxyl groups is 1. The van der Waals surface area contributed by atoms with Crippen LogP contribution in [0.15, 0.2) is 52.1 Å². The van der Waals surface area contributed by atoms with Crippen LogP contribution >= 0.6 is 0 Å². The molecule has 1 N–H and O–H groups in total. The fraction of sp³-hybridized carbons (Fsp3) is 0.333. The summed E-state index contributed by atoms with van der Waals surface area (Å²) in [5.41, 5.74) is 0.646. The molecule has 0 unspecified atom stereocenters. The normalized spacial score (nSPS) is 10.7. The molecule has 0 bridgehead atoms. The van der Waals surface area contributed by atoms with Crippen LogP contribution in [0.5, 0.6) is 28.9 Å². The summed E-state index contributed by atoms with van der Waals surface area (Å²) in [6.07, 6.45) is 0.873. The van der Waals surface area contributed by atoms with Crippen LogP contribution in [-0.4, -0.2) is 42.7 Å². The molecule has 0 saturated carbocycles. The Morgan fingerprint density at radius 2 is 1.12 bits per heavy atom. The number of nitrogens with zero attached hydrogens (tertiary/aromatic N) is 2. The van der Waals surface area contributed by atoms with E-state index < -0.39 is 11.2 Å². The molecular formula is C24H28N2O7. The van der Waals surface area contributed by atoms with Gasteiger partial charge in [-0.3, -0.25) is 13.9 Å². The fourth-order valence-electron chi connectivity index (χ4n) is 3.57. The van der Waals surface area contributed by atoms with Gasteiger partial charge in [0.15, 0.2) is 23.0 Å². The summed E-state index contributed by atoms with van der Waals surface area (Å²) in [7, 11) is 6.20. The number of aromatic nitrogens is 2. The van der Waals surface area contributed by atoms with Gasteiger partial charge in [0.05, 0.1) is 34.5 Å². The summed E-state index contributed by atoms with van der Waals surface area (Å²) in [6.45, 7) is 0.348. The Morgan fingerprint density at radius 1 is 0.667 bits per heavy atom. The zero-order valence-corrected chi connectivity index (χ0v) is 19.2. The number of hydrogen-bond acceptors (Lipinski definition) is 7. The van der Waals surface area contributed by atoms with Crippen LogP contribution in [0, 0.1) is 0 Å². The molecular weight excluding hydrogens is 428 g/mol. The molecule has 0 amide bonds. The maximum atomic E-state index is 13.0. The molecule has 0 spiro atoms. The van der Waals surface area contributed by atoms with E-state index in [2.05, 4.69) is 0 Å². The van der Waals surface area contributed by atoms with Crippen LogP contribution in [0.1, 0.15) is 11.1 Å². The van der Waals surface area contributed by atoms with Crippen molar-refractivity contribution in [2.24, 2.45) is 0 Å². The zero-order valence-electron chi connectivity index (χ0n) is 19.2. The lowest BCUT2D eigenvalue weighted by molar-refractivity contribution is 0.354. The van der Waals surface area contributed by atoms with E-state index in [1.54, 1.807) is 46.6 Å². The van der Waals surface area contributed by atoms with Crippen molar-refractivity contribution >= 4 is 0 Å². The SMILES string of the molecule is COc1ccc(CCn2c(O)cc(=O)n(CCc3ccc(OC)c(OC)c3)c2=O)cc1OC. The lowest BCUT2D eigenvalue weighted by Gasteiger charge is -2.14. The smallest absolute Gasteiger partial charge is 0.333 e. The summed E-state index contributed by atoms with van der Waals surface area (Å²) >= 11 is 0. The Balaban J connectivity index is 1.80. The van der Waals surface area contributed by atoms with Gasteiger partial charge >= 0.3 is 5.69 Å². The number of ether oxygens (including phenoxy) is 4. The third kappa shape index (κ3) is 5.31. The van der Waals surface area contributed by atoms with Gasteiger partial charge in [0.1, 0.15) is 0 Å². The highest BCUT2D eigenvalue weighted by atomic mass is 16.5. The lowest BCUT2D eigenvalue weighted by atomic mass is 10.1. The molecule has 0 fully saturated rings. The Labute approximate surface area is 191 Å². The van der Waals surface area contributed by atoms with Gasteiger partial charge in [-0.25, -0.2) is 4.79 Å². The quantitative estimate of drug-likeness (QED) is 0.499. The van der Waals surface area contributed by atoms with Crippen LogP contribution in [0.2, 0.25) is 0 Å². The molecule has 176 valence electrons. The van der Waals surface area contributed by atoms with E-state index in [1.807, 2.05) is 18.2 Å². The summed E-state index contributed by atoms with van der Waals surface area (Å²) in [5.74, 6) is 1.98. The lowest BCUT2D eigenvalue weighted by Crippen LogP contribution is -2.40. The zero-order chi connectivity index (χ0) is 24.0. The number of methoxy groups -OCH3 is 4. The third-order valence-corrected chi connectivity index (χ3v) is 5.40. The maximum Gasteiger partial charge on any atom is 0.333 e. The van der Waals surface area contributed by atoms with Gasteiger partial charge in [-0.2, -0.15) is 0 Å². The van der Waals surface area contributed by atoms with E-state index in [0.29, 0.717) is 35.8 Å². The van der Waals surface area contributed by atoms with Crippen molar-refractivity contribution in [3.05, 3.63) is 74.4 Å². The largest absolute Gasteiger partial charge is 0.494 e. The summed E-state index contributed by atoms with van der Waals surface area (Å²) in [5, 5.41) is 10.2. The van der Waals surface area contributed by atoms with E-state index in [9.17, 15) is 14.7 Å². The van der Waals surface area contributed by atoms with Crippen LogP contribution < -0.4 is 30.2 Å². The van der Waals surface area contributed by atoms with Gasteiger partial charge in [0, 0.05) is 13.1 Å². The van der Waals surface area contributed by atoms with Crippen LogP contribution in [0.4, 0.5) is 0 Å². The highest BCUT2D eigenvalue weighted by Crippen LogP contribution is 2.28. The second-order valence-electron chi connectivity index (χ2n) is 7.31. The first-order valence-electron chi connectivity index (χ1n) is 10.4. The first-order chi connectivity index (χ1) is 15.9. The van der Waals surface area contributed by atoms with Gasteiger partial charge in [0.2, 0.25) is 5.88 Å². The number of hydrogen-bond donors (Lipinski definition) is 1. The van der Waals surface area contributed by atoms with Crippen molar-refractivity contribution in [1.29, 1.82) is 0 Å². The first kappa shape index (κ1) is 23.8. The van der Waals surface area contributed by atoms with Gasteiger partial charge in [0.25, 0.3) is 5.56 Å². The molecule has 1 aromatic heterocycles. The summed E-state index contributed by atoms with van der Waals surface area (Å²) in [4.78, 5) is 25.4. The van der Waals surface area contributed by atoms with Crippen molar-refractivity contribution in [2.45, 2.75) is 25.9 Å². The summed E-state index contributed by atoms with van der Waals surface area (Å²) < 4.78 is 23.4. The molecule has 2 aromatic carbocycles. The molecule has 0 saturated heterocycles. The van der Waals surface area contributed by atoms with Crippen molar-refractivity contribution < 1.29 is 24.1 Å². The fourth-order valence-corrected chi connectivity index (χ4v) is 3.57. The Hall–Kier alpha value is -3.88. The molecule has 0 aliphatic heterocycles. The van der Waals surface area contributed by atoms with Gasteiger partial charge in [-0.05, 0) is 48.2 Å². The Bertz CT molecular complexity index is 1230. The first-order valence-corrected chi connectivity index (χ1v) is 10.4. The standard InChI is InChI=1S/C24H28N2O7/c1-30-18-7-5-16(13-20(18)32-3)9-11-25-22(27)15-23(28)26(24(25)29)12-10-17-6-8-19(31-2)21(14-17)33-4/h5-8,13-15,27H,9-12H2,1-4H3. The monoisotopic (exact) mass is 456 g/mol. The predicted molar refractivity (Wildman–Crippen MR) is 123 cm³/mol. The van der Waals surface area contributed by atoms with Crippen LogP contribution in [0.25, 0.3) is 0 Å². The van der Waals surface area contributed by atoms with Crippen LogP contribution in [0.3, 0.4) is 0 Å². The molecule has 9 nitrogen and oxygen atoms in total. The van der Waals surface area contributed by atoms with Gasteiger partial charge < -0.3 is 24.1 Å². The van der Waals surface area contributed by atoms with Crippen molar-refractivity contribution in [2.75, 3.05) is 28.4 Å². The van der Waals surface area contributed by atoms with E-state index >= 15 is 0 Å². The second kappa shape index (κ2) is 10.6. The molecule has 0 aliphatic rings. The molecule has 3 rings (SSSR count). The minimum Gasteiger partial charge on any atom is -0.494 e. The topological polar surface area (TPSA) is 101 Å². The molecule has 0 radical (unpaired) electrons. The van der Waals surface area contributed by atoms with Crippen LogP contribution in [-0.2, 0) is 25.9 Å². The molecule has 3 aromatic rings. The van der Waals surface area contributed by atoms with E-state index in [0.717, 1.165) is 21.8 Å². The molecule has 9 heteroatoms. The van der Waals surface area contributed by atoms with Gasteiger partial charge in [-0.15, -0.1) is 0 Å². The third-order valence-electron chi connectivity index (χ3n) is 5.40. The number of benzene rings is 2. The minimum absolute atomic E-state index is 0.157. The number of aryl methyl sites for hydroxylation is 2. The van der Waals surface area contributed by atoms with Crippen molar-refractivity contribution in [3.8, 4) is 28.9 Å². The second-order valence-corrected chi connectivity index (χ2v) is 7.31. The predicted octanol–water partition coefficient (Wildman–Crippen LogP) is 2.24. The maximum absolute atomic E-state index is 13.0. The summed E-state index contributed by atoms with van der Waals surface area (Å²) in [6, 6.07) is 11.9. The van der Waals surface area contributed by atoms with E-state index in [1.165, 1.54) is 4.57 Å². The highest BCUT2D eigenvalue weighted by molar-refractivity contribution is 5.43. The highest BCUT2D eigenvalue weighted by Gasteiger charge is 2.13. The van der Waals surface area contributed by atoms with E-state index in [-0.39, 0.29) is 19.0 Å². The molecule has 0 aliphatic carbocycles. The average molecular weight is 456 g/mol. The molecule has 0 atom stereocenters. The molecule has 33 heavy (non-hydrogen) atoms. The van der Waals surface area contributed by atoms with Gasteiger partial charge in [-0.1, -0.05) is 12.1 Å². The average Bonchev–Trinajstić information content (AvgIpc) is 2.83. The molecule has 1 heterocycles. The Morgan fingerprint density at radius 3 is 1.58 bits per heavy atom. The van der Waals surface area contributed by atoms with E-state index in [4.69, 9.17) is 18.9 Å². The number of rotatable bonds is 10. The van der Waals surface area contributed by atoms with Crippen molar-refractivity contribution in [1.82, 2.24) is 9.13 Å². The Kier molecular flexibility index (Phi) is 7.66. The van der Waals surface area contributed by atoms with Crippen molar-refractivity contribution in [3.63, 3.8) is 0 Å².